The molecule has 0 aliphatic carbocycles. The molecule has 2 nitrogen and oxygen atoms in total. The van der Waals surface area contributed by atoms with Gasteiger partial charge in [-0.05, 0) is 0 Å². The molecule has 0 heterocycles. The Hall–Kier alpha value is -0.623. The fourth-order valence-corrected chi connectivity index (χ4v) is 0.0625. The molecule has 0 fully saturated rings. The second-order valence-electron chi connectivity index (χ2n) is 0.329. The fourth-order valence-electron chi connectivity index (χ4n) is 0.0208. The predicted molar refractivity (Wildman–Crippen MR) is 17.1 cm³/mol. The van der Waals surface area contributed by atoms with Crippen molar-refractivity contribution in [1.29, 1.82) is 0 Å². The van der Waals surface area contributed by atoms with Crippen molar-refractivity contribution < 1.29 is 9.59 Å². The van der Waals surface area contributed by atoms with E-state index in [2.05, 4.69) is 0 Å². The lowest BCUT2D eigenvalue weighted by molar-refractivity contribution is 0.569. The molecule has 0 atom stereocenters. The number of carbonyl (C=O) groups excluding carboxylic acids is 2. The number of hydrogen-bond donors (Lipinski definition) is 0. The van der Waals surface area contributed by atoms with Crippen molar-refractivity contribution in [3.05, 3.63) is 0 Å². The molecule has 0 aromatic rings. The standard InChI is InChI=1S/C2O2Si/c3-1-5-2-4. The number of hydrogen-bond acceptors (Lipinski definition) is 2. The quantitative estimate of drug-likeness (QED) is 0.346. The molecule has 0 aromatic carbocycles. The van der Waals surface area contributed by atoms with Crippen molar-refractivity contribution in [3.8, 4) is 0 Å². The van der Waals surface area contributed by atoms with E-state index in [0.717, 1.165) is 0 Å². The van der Waals surface area contributed by atoms with Crippen molar-refractivity contribution in [2.75, 3.05) is 0 Å². The van der Waals surface area contributed by atoms with Crippen molar-refractivity contribution >= 4 is 19.8 Å². The molecule has 0 rings (SSSR count). The average Bonchev–Trinajstić information content (AvgIpc) is 1.41. The van der Waals surface area contributed by atoms with Crippen LogP contribution in [0.4, 0.5) is 0 Å². The maximum atomic E-state index is 9.03. The summed E-state index contributed by atoms with van der Waals surface area (Å²) in [7, 11) is -0.414. The van der Waals surface area contributed by atoms with E-state index in [4.69, 9.17) is 9.59 Å². The van der Waals surface area contributed by atoms with E-state index in [9.17, 15) is 0 Å². The van der Waals surface area contributed by atoms with Gasteiger partial charge in [-0.1, -0.05) is 0 Å². The first-order valence-electron chi connectivity index (χ1n) is 0.908. The van der Waals surface area contributed by atoms with E-state index in [-0.39, 0.29) is 0 Å². The molecule has 0 spiro atoms. The summed E-state index contributed by atoms with van der Waals surface area (Å²) < 4.78 is 0. The minimum absolute atomic E-state index is 0.414. The molecule has 0 amide bonds. The van der Waals surface area contributed by atoms with E-state index >= 15 is 0 Å². The molecular weight excluding hydrogens is 84.1 g/mol. The smallest absolute Gasteiger partial charge is 0.188 e. The van der Waals surface area contributed by atoms with E-state index in [1.54, 1.807) is 0 Å². The summed E-state index contributed by atoms with van der Waals surface area (Å²) >= 11 is 0. The SMILES string of the molecule is O=C=[Si]=C=O. The summed E-state index contributed by atoms with van der Waals surface area (Å²) in [5.74, 6) is 0. The van der Waals surface area contributed by atoms with Crippen LogP contribution in [0.25, 0.3) is 0 Å². The molecule has 0 saturated heterocycles. The first-order chi connectivity index (χ1) is 2.41. The third kappa shape index (κ3) is 3.38. The molecule has 0 saturated carbocycles. The molecule has 0 unspecified atom stereocenters. The van der Waals surface area contributed by atoms with Gasteiger partial charge in [-0.2, -0.15) is 0 Å². The summed E-state index contributed by atoms with van der Waals surface area (Å²) in [5.41, 5.74) is 2.74. The molecule has 0 radical (unpaired) electrons. The maximum Gasteiger partial charge on any atom is 0.188 e. The van der Waals surface area contributed by atoms with Crippen LogP contribution in [0.3, 0.4) is 0 Å². The molecule has 24 valence electrons. The van der Waals surface area contributed by atoms with Crippen LogP contribution in [0.2, 0.25) is 0 Å². The summed E-state index contributed by atoms with van der Waals surface area (Å²) in [4.78, 5) is 18.1. The van der Waals surface area contributed by atoms with Crippen LogP contribution < -0.4 is 0 Å². The highest BCUT2D eigenvalue weighted by atomic mass is 28.1. The Morgan fingerprint density at radius 3 is 1.60 bits per heavy atom. The highest BCUT2D eigenvalue weighted by molar-refractivity contribution is 6.48. The number of rotatable bonds is 0. The van der Waals surface area contributed by atoms with E-state index < -0.39 is 8.74 Å². The van der Waals surface area contributed by atoms with Crippen molar-refractivity contribution in [2.24, 2.45) is 0 Å². The second kappa shape index (κ2) is 3.38. The highest BCUT2D eigenvalue weighted by Gasteiger charge is 1.33. The third-order valence-electron chi connectivity index (χ3n) is 0.102. The van der Waals surface area contributed by atoms with Crippen molar-refractivity contribution in [2.45, 2.75) is 0 Å². The van der Waals surface area contributed by atoms with Gasteiger partial charge < -0.3 is 0 Å². The van der Waals surface area contributed by atoms with Gasteiger partial charge in [0.05, 0.1) is 0 Å². The van der Waals surface area contributed by atoms with Crippen LogP contribution in [-0.2, 0) is 9.59 Å². The lowest BCUT2D eigenvalue weighted by atomic mass is 11.8. The van der Waals surface area contributed by atoms with Crippen LogP contribution in [0.1, 0.15) is 0 Å². The molecular formula is C2O2Si. The van der Waals surface area contributed by atoms with Gasteiger partial charge >= 0.3 is 0 Å². The second-order valence-corrected chi connectivity index (χ2v) is 0.987. The molecule has 0 aliphatic heterocycles. The third-order valence-corrected chi connectivity index (χ3v) is 0.306. The molecule has 0 N–H and O–H groups in total. The van der Waals surface area contributed by atoms with Crippen LogP contribution in [-0.4, -0.2) is 19.8 Å². The Kier molecular flexibility index (Phi) is 2.96. The van der Waals surface area contributed by atoms with Gasteiger partial charge in [0.25, 0.3) is 0 Å². The molecule has 0 aromatic heterocycles. The molecule has 3 heteroatoms. The van der Waals surface area contributed by atoms with Crippen LogP contribution >= 0.6 is 0 Å². The summed E-state index contributed by atoms with van der Waals surface area (Å²) in [6, 6.07) is 0. The Morgan fingerprint density at radius 2 is 1.60 bits per heavy atom. The maximum absolute atomic E-state index is 9.03. The Morgan fingerprint density at radius 1 is 1.20 bits per heavy atom. The van der Waals surface area contributed by atoms with Gasteiger partial charge in [0.2, 0.25) is 0 Å². The van der Waals surface area contributed by atoms with E-state index in [0.29, 0.717) is 0 Å². The minimum atomic E-state index is -0.414. The summed E-state index contributed by atoms with van der Waals surface area (Å²) in [6.45, 7) is 0. The first-order valence-corrected chi connectivity index (χ1v) is 1.91. The minimum Gasteiger partial charge on any atom is -0.233 e. The summed E-state index contributed by atoms with van der Waals surface area (Å²) in [5, 5.41) is 0. The first kappa shape index (κ1) is 4.38. The lowest BCUT2D eigenvalue weighted by Gasteiger charge is -1.15. The molecule has 0 bridgehead atoms. The normalized spacial score (nSPS) is 3.20. The Labute approximate surface area is 30.5 Å². The van der Waals surface area contributed by atoms with Crippen LogP contribution in [0.5, 0.6) is 0 Å². The van der Waals surface area contributed by atoms with E-state index in [1.807, 2.05) is 0 Å². The highest BCUT2D eigenvalue weighted by Crippen LogP contribution is 0.948. The molecule has 0 aliphatic rings. The van der Waals surface area contributed by atoms with Crippen molar-refractivity contribution in [1.82, 2.24) is 0 Å². The van der Waals surface area contributed by atoms with Gasteiger partial charge in [0.1, 0.15) is 11.1 Å². The monoisotopic (exact) mass is 84.0 g/mol. The Bertz CT molecular complexity index is 99.6. The van der Waals surface area contributed by atoms with Gasteiger partial charge in [-0.15, -0.1) is 0 Å². The van der Waals surface area contributed by atoms with Crippen molar-refractivity contribution in [3.63, 3.8) is 0 Å². The Balaban J connectivity index is 4.38. The van der Waals surface area contributed by atoms with Crippen LogP contribution in [0.15, 0.2) is 0 Å². The average molecular weight is 84.1 g/mol. The van der Waals surface area contributed by atoms with Gasteiger partial charge in [-0.25, -0.2) is 9.59 Å². The topological polar surface area (TPSA) is 34.1 Å². The summed E-state index contributed by atoms with van der Waals surface area (Å²) in [6.07, 6.45) is 0. The zero-order valence-corrected chi connectivity index (χ0v) is 3.32. The zero-order chi connectivity index (χ0) is 4.12. The lowest BCUT2D eigenvalue weighted by Crippen LogP contribution is -1.52. The molecule has 5 heavy (non-hydrogen) atoms. The predicted octanol–water partition coefficient (Wildman–Crippen LogP) is -1.18. The van der Waals surface area contributed by atoms with Crippen LogP contribution in [0, 0.1) is 0 Å². The van der Waals surface area contributed by atoms with Gasteiger partial charge in [0.15, 0.2) is 8.74 Å². The van der Waals surface area contributed by atoms with Gasteiger partial charge in [-0.3, -0.25) is 0 Å². The van der Waals surface area contributed by atoms with E-state index in [1.165, 1.54) is 11.1 Å². The fraction of sp³-hybridized carbons (Fsp3) is 0. The largest absolute Gasteiger partial charge is 0.233 e. The van der Waals surface area contributed by atoms with Gasteiger partial charge in [0, 0.05) is 0 Å². The zero-order valence-electron chi connectivity index (χ0n) is 2.32.